The minimum atomic E-state index is -0.144. The summed E-state index contributed by atoms with van der Waals surface area (Å²) in [5.41, 5.74) is 1.65. The summed E-state index contributed by atoms with van der Waals surface area (Å²) in [4.78, 5) is 16.3. The lowest BCUT2D eigenvalue weighted by molar-refractivity contribution is -0.115. The fraction of sp³-hybridized carbons (Fsp3) is 0.0667. The number of anilines is 1. The molecule has 0 fully saturated rings. The minimum Gasteiger partial charge on any atom is -0.508 e. The van der Waals surface area contributed by atoms with E-state index in [0.29, 0.717) is 5.13 Å². The Hall–Kier alpha value is -2.40. The zero-order valence-corrected chi connectivity index (χ0v) is 11.4. The first-order chi connectivity index (χ1) is 9.70. The van der Waals surface area contributed by atoms with Crippen LogP contribution in [-0.4, -0.2) is 16.0 Å². The molecule has 0 aliphatic rings. The van der Waals surface area contributed by atoms with Crippen molar-refractivity contribution in [2.45, 2.75) is 6.42 Å². The maximum Gasteiger partial charge on any atom is 0.230 e. The molecule has 2 aromatic carbocycles. The lowest BCUT2D eigenvalue weighted by atomic mass is 10.1. The molecule has 0 spiro atoms. The minimum absolute atomic E-state index is 0.144. The smallest absolute Gasteiger partial charge is 0.230 e. The van der Waals surface area contributed by atoms with Crippen molar-refractivity contribution in [3.8, 4) is 5.75 Å². The number of aromatic nitrogens is 1. The number of rotatable bonds is 3. The van der Waals surface area contributed by atoms with E-state index in [1.807, 2.05) is 24.3 Å². The summed E-state index contributed by atoms with van der Waals surface area (Å²) >= 11 is 1.45. The Kier molecular flexibility index (Phi) is 3.35. The molecular weight excluding hydrogens is 272 g/mol. The third-order valence-corrected chi connectivity index (χ3v) is 3.77. The quantitative estimate of drug-likeness (QED) is 0.776. The van der Waals surface area contributed by atoms with E-state index in [1.54, 1.807) is 24.3 Å². The molecule has 0 aliphatic carbocycles. The number of benzene rings is 2. The molecule has 0 saturated carbocycles. The lowest BCUT2D eigenvalue weighted by Crippen LogP contribution is -2.14. The number of aromatic hydroxyl groups is 1. The fourth-order valence-electron chi connectivity index (χ4n) is 1.94. The SMILES string of the molecule is O=C(Cc1cccc(O)c1)Nc1nc2ccccc2s1. The highest BCUT2D eigenvalue weighted by Gasteiger charge is 2.08. The molecule has 0 radical (unpaired) electrons. The molecule has 20 heavy (non-hydrogen) atoms. The summed E-state index contributed by atoms with van der Waals surface area (Å²) in [7, 11) is 0. The van der Waals surface area contributed by atoms with Gasteiger partial charge in [-0.1, -0.05) is 35.6 Å². The topological polar surface area (TPSA) is 62.2 Å². The molecule has 3 rings (SSSR count). The van der Waals surface area contributed by atoms with Gasteiger partial charge in [0, 0.05) is 0 Å². The predicted molar refractivity (Wildman–Crippen MR) is 80.1 cm³/mol. The molecule has 2 N–H and O–H groups in total. The highest BCUT2D eigenvalue weighted by molar-refractivity contribution is 7.22. The number of thiazole rings is 1. The van der Waals surface area contributed by atoms with Gasteiger partial charge in [-0.2, -0.15) is 0 Å². The number of fused-ring (bicyclic) bond motifs is 1. The number of amides is 1. The summed E-state index contributed by atoms with van der Waals surface area (Å²) in [6.45, 7) is 0. The van der Waals surface area contributed by atoms with Crippen LogP contribution in [0.3, 0.4) is 0 Å². The highest BCUT2D eigenvalue weighted by atomic mass is 32.1. The molecule has 100 valence electrons. The molecule has 1 heterocycles. The second-order valence-corrected chi connectivity index (χ2v) is 5.41. The summed E-state index contributed by atoms with van der Waals surface area (Å²) < 4.78 is 1.04. The van der Waals surface area contributed by atoms with Crippen molar-refractivity contribution in [3.63, 3.8) is 0 Å². The number of carbonyl (C=O) groups is 1. The Morgan fingerprint density at radius 2 is 2.05 bits per heavy atom. The van der Waals surface area contributed by atoms with Crippen LogP contribution in [0.2, 0.25) is 0 Å². The van der Waals surface area contributed by atoms with E-state index < -0.39 is 0 Å². The van der Waals surface area contributed by atoms with Gasteiger partial charge in [-0.3, -0.25) is 4.79 Å². The van der Waals surface area contributed by atoms with E-state index in [1.165, 1.54) is 11.3 Å². The molecule has 1 aromatic heterocycles. The van der Waals surface area contributed by atoms with Crippen LogP contribution in [0.25, 0.3) is 10.2 Å². The Bertz CT molecular complexity index is 734. The standard InChI is InChI=1S/C15H12N2O2S/c18-11-5-3-4-10(8-11)9-14(19)17-15-16-12-6-1-2-7-13(12)20-15/h1-8,18H,9H2,(H,16,17,19). The number of para-hydroxylation sites is 1. The normalized spacial score (nSPS) is 10.6. The van der Waals surface area contributed by atoms with Crippen molar-refractivity contribution in [2.75, 3.05) is 5.32 Å². The largest absolute Gasteiger partial charge is 0.508 e. The van der Waals surface area contributed by atoms with Crippen molar-refractivity contribution >= 4 is 32.6 Å². The Balaban J connectivity index is 1.72. The van der Waals surface area contributed by atoms with Crippen molar-refractivity contribution in [3.05, 3.63) is 54.1 Å². The van der Waals surface area contributed by atoms with Gasteiger partial charge in [-0.25, -0.2) is 4.98 Å². The van der Waals surface area contributed by atoms with E-state index in [4.69, 9.17) is 0 Å². The number of carbonyl (C=O) groups excluding carboxylic acids is 1. The summed E-state index contributed by atoms with van der Waals surface area (Å²) in [5.74, 6) is 0.0185. The molecule has 1 amide bonds. The van der Waals surface area contributed by atoms with Gasteiger partial charge >= 0.3 is 0 Å². The molecule has 0 atom stereocenters. The number of hydrogen-bond donors (Lipinski definition) is 2. The molecule has 0 aliphatic heterocycles. The van der Waals surface area contributed by atoms with Crippen LogP contribution in [0.15, 0.2) is 48.5 Å². The van der Waals surface area contributed by atoms with Gasteiger partial charge < -0.3 is 10.4 Å². The highest BCUT2D eigenvalue weighted by Crippen LogP contribution is 2.25. The molecule has 5 heteroatoms. The van der Waals surface area contributed by atoms with Crippen LogP contribution in [0.4, 0.5) is 5.13 Å². The first-order valence-electron chi connectivity index (χ1n) is 6.14. The molecular formula is C15H12N2O2S. The monoisotopic (exact) mass is 284 g/mol. The molecule has 4 nitrogen and oxygen atoms in total. The van der Waals surface area contributed by atoms with Gasteiger partial charge in [0.2, 0.25) is 5.91 Å². The molecule has 3 aromatic rings. The molecule has 0 saturated heterocycles. The molecule has 0 bridgehead atoms. The van der Waals surface area contributed by atoms with Gasteiger partial charge in [0.25, 0.3) is 0 Å². The average Bonchev–Trinajstić information content (AvgIpc) is 2.80. The van der Waals surface area contributed by atoms with Gasteiger partial charge in [0.05, 0.1) is 16.6 Å². The van der Waals surface area contributed by atoms with Crippen LogP contribution >= 0.6 is 11.3 Å². The van der Waals surface area contributed by atoms with Crippen LogP contribution in [0.5, 0.6) is 5.75 Å². The third kappa shape index (κ3) is 2.78. The van der Waals surface area contributed by atoms with Crippen LogP contribution < -0.4 is 5.32 Å². The third-order valence-electron chi connectivity index (χ3n) is 2.82. The number of hydrogen-bond acceptors (Lipinski definition) is 4. The van der Waals surface area contributed by atoms with Crippen LogP contribution in [-0.2, 0) is 11.2 Å². The maximum atomic E-state index is 11.9. The van der Waals surface area contributed by atoms with Gasteiger partial charge in [0.15, 0.2) is 5.13 Å². The second kappa shape index (κ2) is 5.30. The van der Waals surface area contributed by atoms with Crippen molar-refractivity contribution < 1.29 is 9.90 Å². The summed E-state index contributed by atoms with van der Waals surface area (Å²) in [6.07, 6.45) is 0.213. The van der Waals surface area contributed by atoms with E-state index >= 15 is 0 Å². The van der Waals surface area contributed by atoms with Crippen molar-refractivity contribution in [2.24, 2.45) is 0 Å². The maximum absolute atomic E-state index is 11.9. The fourth-order valence-corrected chi connectivity index (χ4v) is 2.82. The van der Waals surface area contributed by atoms with E-state index in [0.717, 1.165) is 15.8 Å². The van der Waals surface area contributed by atoms with E-state index in [2.05, 4.69) is 10.3 Å². The van der Waals surface area contributed by atoms with Crippen LogP contribution in [0, 0.1) is 0 Å². The van der Waals surface area contributed by atoms with Gasteiger partial charge in [-0.05, 0) is 29.8 Å². The number of nitrogens with zero attached hydrogens (tertiary/aromatic N) is 1. The van der Waals surface area contributed by atoms with Crippen molar-refractivity contribution in [1.82, 2.24) is 4.98 Å². The Morgan fingerprint density at radius 1 is 1.20 bits per heavy atom. The number of nitrogens with one attached hydrogen (secondary N) is 1. The number of phenols is 1. The summed E-state index contributed by atoms with van der Waals surface area (Å²) in [6, 6.07) is 14.4. The molecule has 0 unspecified atom stereocenters. The van der Waals surface area contributed by atoms with E-state index in [9.17, 15) is 9.90 Å². The van der Waals surface area contributed by atoms with Crippen LogP contribution in [0.1, 0.15) is 5.56 Å². The second-order valence-electron chi connectivity index (χ2n) is 4.38. The average molecular weight is 284 g/mol. The van der Waals surface area contributed by atoms with E-state index in [-0.39, 0.29) is 18.1 Å². The Labute approximate surface area is 119 Å². The lowest BCUT2D eigenvalue weighted by Gasteiger charge is -2.02. The zero-order chi connectivity index (χ0) is 13.9. The first kappa shape index (κ1) is 12.6. The summed E-state index contributed by atoms with van der Waals surface area (Å²) in [5, 5.41) is 12.7. The zero-order valence-electron chi connectivity index (χ0n) is 10.5. The Morgan fingerprint density at radius 3 is 2.85 bits per heavy atom. The number of phenolic OH excluding ortho intramolecular Hbond substituents is 1. The van der Waals surface area contributed by atoms with Crippen molar-refractivity contribution in [1.29, 1.82) is 0 Å². The van der Waals surface area contributed by atoms with Gasteiger partial charge in [0.1, 0.15) is 5.75 Å². The first-order valence-corrected chi connectivity index (χ1v) is 6.96. The predicted octanol–water partition coefficient (Wildman–Crippen LogP) is 3.18. The van der Waals surface area contributed by atoms with Gasteiger partial charge in [-0.15, -0.1) is 0 Å².